The van der Waals surface area contributed by atoms with E-state index in [1.807, 2.05) is 0 Å². The first kappa shape index (κ1) is 17.9. The van der Waals surface area contributed by atoms with E-state index in [1.54, 1.807) is 0 Å². The van der Waals surface area contributed by atoms with Crippen molar-refractivity contribution >= 4 is 32.3 Å². The van der Waals surface area contributed by atoms with E-state index in [0.29, 0.717) is 0 Å². The predicted octanol–water partition coefficient (Wildman–Crippen LogP) is 8.79. The lowest BCUT2D eigenvalue weighted by molar-refractivity contribution is 1.47. The molecule has 6 aromatic rings. The van der Waals surface area contributed by atoms with E-state index in [9.17, 15) is 0 Å². The number of hydrogen-bond acceptors (Lipinski definition) is 0. The number of benzene rings is 6. The molecule has 0 radical (unpaired) electrons. The van der Waals surface area contributed by atoms with E-state index in [4.69, 9.17) is 0 Å². The molecule has 0 N–H and O–H groups in total. The van der Waals surface area contributed by atoms with Crippen LogP contribution < -0.4 is 0 Å². The van der Waals surface area contributed by atoms with Gasteiger partial charge < -0.3 is 0 Å². The quantitative estimate of drug-likeness (QED) is 0.257. The van der Waals surface area contributed by atoms with Gasteiger partial charge in [0.1, 0.15) is 0 Å². The van der Waals surface area contributed by atoms with Crippen LogP contribution in [0.4, 0.5) is 0 Å². The predicted molar refractivity (Wildman–Crippen MR) is 135 cm³/mol. The van der Waals surface area contributed by atoms with Gasteiger partial charge in [-0.05, 0) is 67.6 Å². The molecule has 0 heterocycles. The van der Waals surface area contributed by atoms with Crippen LogP contribution >= 0.6 is 0 Å². The Labute approximate surface area is 182 Å². The molecule has 6 rings (SSSR count). The van der Waals surface area contributed by atoms with Crippen LogP contribution in [-0.4, -0.2) is 0 Å². The molecule has 0 nitrogen and oxygen atoms in total. The highest BCUT2D eigenvalue weighted by atomic mass is 14.2. The average Bonchev–Trinajstić information content (AvgIpc) is 2.82. The van der Waals surface area contributed by atoms with Crippen LogP contribution in [0.5, 0.6) is 0 Å². The maximum atomic E-state index is 2.33. The van der Waals surface area contributed by atoms with Crippen LogP contribution in [0.15, 0.2) is 115 Å². The molecule has 31 heavy (non-hydrogen) atoms. The van der Waals surface area contributed by atoms with Gasteiger partial charge in [-0.25, -0.2) is 0 Å². The Kier molecular flexibility index (Phi) is 4.11. The SMILES string of the molecule is Cc1cccc(-c2c3ccccc3c(-c3ccc4ccccc4c3)c3ccccc23)c1. The van der Waals surface area contributed by atoms with Gasteiger partial charge in [-0.2, -0.15) is 0 Å². The summed E-state index contributed by atoms with van der Waals surface area (Å²) in [5, 5.41) is 7.75. The Morgan fingerprint density at radius 2 is 0.903 bits per heavy atom. The van der Waals surface area contributed by atoms with Crippen LogP contribution in [0.3, 0.4) is 0 Å². The fourth-order valence-corrected chi connectivity index (χ4v) is 4.90. The second-order valence-electron chi connectivity index (χ2n) is 8.27. The third-order valence-electron chi connectivity index (χ3n) is 6.28. The summed E-state index contributed by atoms with van der Waals surface area (Å²) in [5.41, 5.74) is 6.46. The smallest absolute Gasteiger partial charge is 0.00262 e. The molecular weight excluding hydrogens is 372 g/mol. The lowest BCUT2D eigenvalue weighted by atomic mass is 9.85. The summed E-state index contributed by atoms with van der Waals surface area (Å²) >= 11 is 0. The van der Waals surface area contributed by atoms with Crippen molar-refractivity contribution in [1.29, 1.82) is 0 Å². The molecule has 0 unspecified atom stereocenters. The van der Waals surface area contributed by atoms with Crippen LogP contribution in [-0.2, 0) is 0 Å². The number of hydrogen-bond donors (Lipinski definition) is 0. The van der Waals surface area contributed by atoms with E-state index < -0.39 is 0 Å². The maximum Gasteiger partial charge on any atom is -0.00262 e. The van der Waals surface area contributed by atoms with Gasteiger partial charge in [0, 0.05) is 0 Å². The topological polar surface area (TPSA) is 0 Å². The van der Waals surface area contributed by atoms with E-state index in [0.717, 1.165) is 0 Å². The number of fused-ring (bicyclic) bond motifs is 3. The summed E-state index contributed by atoms with van der Waals surface area (Å²) in [6.45, 7) is 2.16. The highest BCUT2D eigenvalue weighted by Crippen LogP contribution is 2.44. The lowest BCUT2D eigenvalue weighted by Crippen LogP contribution is -1.91. The molecule has 0 aliphatic heterocycles. The maximum absolute atomic E-state index is 2.33. The minimum Gasteiger partial charge on any atom is -0.0616 e. The molecule has 6 aromatic carbocycles. The standard InChI is InChI=1S/C31H22/c1-21-9-8-12-24(19-21)30-26-13-4-6-15-28(26)31(29-16-7-5-14-27(29)30)25-18-17-22-10-2-3-11-23(22)20-25/h2-20H,1H3. The van der Waals surface area contributed by atoms with E-state index in [1.165, 1.54) is 60.1 Å². The first-order chi connectivity index (χ1) is 15.3. The van der Waals surface area contributed by atoms with Crippen molar-refractivity contribution in [3.8, 4) is 22.3 Å². The summed E-state index contributed by atoms with van der Waals surface area (Å²) in [7, 11) is 0. The molecule has 0 heteroatoms. The van der Waals surface area contributed by atoms with E-state index in [2.05, 4.69) is 122 Å². The first-order valence-corrected chi connectivity index (χ1v) is 10.8. The fourth-order valence-electron chi connectivity index (χ4n) is 4.90. The minimum atomic E-state index is 1.27. The van der Waals surface area contributed by atoms with Crippen LogP contribution in [0.2, 0.25) is 0 Å². The molecule has 0 aliphatic carbocycles. The zero-order valence-corrected chi connectivity index (χ0v) is 17.5. The summed E-state index contributed by atoms with van der Waals surface area (Å²) in [6.07, 6.45) is 0. The van der Waals surface area contributed by atoms with E-state index >= 15 is 0 Å². The van der Waals surface area contributed by atoms with Crippen molar-refractivity contribution in [3.05, 3.63) is 121 Å². The van der Waals surface area contributed by atoms with Crippen molar-refractivity contribution in [2.75, 3.05) is 0 Å². The normalized spacial score (nSPS) is 11.4. The third kappa shape index (κ3) is 2.92. The molecular formula is C31H22. The summed E-state index contributed by atoms with van der Waals surface area (Å²) in [4.78, 5) is 0. The third-order valence-corrected chi connectivity index (χ3v) is 6.28. The van der Waals surface area contributed by atoms with Crippen molar-refractivity contribution in [3.63, 3.8) is 0 Å². The van der Waals surface area contributed by atoms with Gasteiger partial charge in [0.15, 0.2) is 0 Å². The Balaban J connectivity index is 1.78. The van der Waals surface area contributed by atoms with E-state index in [-0.39, 0.29) is 0 Å². The average molecular weight is 395 g/mol. The second-order valence-corrected chi connectivity index (χ2v) is 8.27. The van der Waals surface area contributed by atoms with Gasteiger partial charge in [0.05, 0.1) is 0 Å². The highest BCUT2D eigenvalue weighted by Gasteiger charge is 2.16. The van der Waals surface area contributed by atoms with Gasteiger partial charge in [-0.3, -0.25) is 0 Å². The zero-order valence-electron chi connectivity index (χ0n) is 17.5. The molecule has 0 spiro atoms. The number of aryl methyl sites for hydroxylation is 1. The second kappa shape index (κ2) is 7.11. The molecule has 0 atom stereocenters. The molecule has 0 bridgehead atoms. The van der Waals surface area contributed by atoms with Gasteiger partial charge in [0.25, 0.3) is 0 Å². The van der Waals surface area contributed by atoms with Crippen molar-refractivity contribution in [2.24, 2.45) is 0 Å². The molecule has 0 fully saturated rings. The Morgan fingerprint density at radius 3 is 1.48 bits per heavy atom. The zero-order chi connectivity index (χ0) is 20.8. The Morgan fingerprint density at radius 1 is 0.387 bits per heavy atom. The molecule has 0 saturated heterocycles. The van der Waals surface area contributed by atoms with Crippen molar-refractivity contribution < 1.29 is 0 Å². The van der Waals surface area contributed by atoms with Crippen LogP contribution in [0, 0.1) is 6.92 Å². The van der Waals surface area contributed by atoms with Gasteiger partial charge in [-0.1, -0.05) is 115 Å². The molecule has 0 amide bonds. The monoisotopic (exact) mass is 394 g/mol. The minimum absolute atomic E-state index is 1.27. The molecule has 146 valence electrons. The Bertz CT molecular complexity index is 1530. The van der Waals surface area contributed by atoms with Gasteiger partial charge in [0.2, 0.25) is 0 Å². The summed E-state index contributed by atoms with van der Waals surface area (Å²) in [6, 6.07) is 42.0. The van der Waals surface area contributed by atoms with Crippen LogP contribution in [0.1, 0.15) is 5.56 Å². The van der Waals surface area contributed by atoms with Gasteiger partial charge in [-0.15, -0.1) is 0 Å². The first-order valence-electron chi connectivity index (χ1n) is 10.8. The summed E-state index contributed by atoms with van der Waals surface area (Å²) in [5.74, 6) is 0. The Hall–Kier alpha value is -3.90. The summed E-state index contributed by atoms with van der Waals surface area (Å²) < 4.78 is 0. The van der Waals surface area contributed by atoms with Crippen LogP contribution in [0.25, 0.3) is 54.6 Å². The number of rotatable bonds is 2. The van der Waals surface area contributed by atoms with Crippen molar-refractivity contribution in [1.82, 2.24) is 0 Å². The van der Waals surface area contributed by atoms with Gasteiger partial charge >= 0.3 is 0 Å². The molecule has 0 saturated carbocycles. The van der Waals surface area contributed by atoms with Crippen molar-refractivity contribution in [2.45, 2.75) is 6.92 Å². The largest absolute Gasteiger partial charge is 0.0616 e. The molecule has 0 aliphatic rings. The highest BCUT2D eigenvalue weighted by molar-refractivity contribution is 6.21. The molecule has 0 aromatic heterocycles. The lowest BCUT2D eigenvalue weighted by Gasteiger charge is -2.18. The fraction of sp³-hybridized carbons (Fsp3) is 0.0323.